The molecule has 4 heteroatoms. The van der Waals surface area contributed by atoms with Crippen molar-refractivity contribution in [1.82, 2.24) is 4.90 Å². The van der Waals surface area contributed by atoms with Gasteiger partial charge in [0.25, 0.3) is 0 Å². The van der Waals surface area contributed by atoms with Crippen molar-refractivity contribution in [3.05, 3.63) is 48.6 Å². The Hall–Kier alpha value is -1.65. The quantitative estimate of drug-likeness (QED) is 0.499. The van der Waals surface area contributed by atoms with Crippen molar-refractivity contribution in [2.45, 2.75) is 44.8 Å². The van der Waals surface area contributed by atoms with Crippen molar-refractivity contribution in [1.29, 1.82) is 0 Å². The maximum absolute atomic E-state index is 12.1. The Labute approximate surface area is 146 Å². The van der Waals surface area contributed by atoms with Crippen molar-refractivity contribution >= 4 is 5.91 Å². The second kappa shape index (κ2) is 10.3. The molecular weight excluding hydrogens is 302 g/mol. The molecule has 0 spiro atoms. The summed E-state index contributed by atoms with van der Waals surface area (Å²) in [6, 6.07) is 9.91. The molecule has 1 amide bonds. The first-order valence-electron chi connectivity index (χ1n) is 8.52. The van der Waals surface area contributed by atoms with Gasteiger partial charge in [-0.1, -0.05) is 36.4 Å². The first-order chi connectivity index (χ1) is 11.4. The molecule has 2 atom stereocenters. The highest BCUT2D eigenvalue weighted by Crippen LogP contribution is 2.27. The summed E-state index contributed by atoms with van der Waals surface area (Å²) in [5, 5.41) is 10.8. The molecule has 0 saturated carbocycles. The minimum absolute atomic E-state index is 0.00677. The van der Waals surface area contributed by atoms with Crippen molar-refractivity contribution in [3.8, 4) is 0 Å². The second-order valence-corrected chi connectivity index (χ2v) is 6.73. The molecule has 0 aliphatic rings. The average Bonchev–Trinajstić information content (AvgIpc) is 2.54. The van der Waals surface area contributed by atoms with Crippen LogP contribution < -0.4 is 0 Å². The number of hydrogen-bond acceptors (Lipinski definition) is 3. The number of benzene rings is 1. The van der Waals surface area contributed by atoms with Crippen molar-refractivity contribution in [3.63, 3.8) is 0 Å². The summed E-state index contributed by atoms with van der Waals surface area (Å²) in [5.74, 6) is -0.228. The Kier molecular flexibility index (Phi) is 8.72. The Balaban J connectivity index is 2.65. The highest BCUT2D eigenvalue weighted by atomic mass is 16.5. The molecule has 24 heavy (non-hydrogen) atoms. The lowest BCUT2D eigenvalue weighted by Gasteiger charge is -2.33. The van der Waals surface area contributed by atoms with E-state index in [9.17, 15) is 9.90 Å². The number of carbonyl (C=O) groups is 1. The highest BCUT2D eigenvalue weighted by Gasteiger charge is 2.33. The third-order valence-electron chi connectivity index (χ3n) is 4.32. The van der Waals surface area contributed by atoms with Crippen LogP contribution in [0.4, 0.5) is 0 Å². The number of nitrogens with zero attached hydrogens (tertiary/aromatic N) is 1. The van der Waals surface area contributed by atoms with Crippen LogP contribution in [0.15, 0.2) is 43.0 Å². The van der Waals surface area contributed by atoms with Crippen LogP contribution in [-0.4, -0.2) is 42.2 Å². The first kappa shape index (κ1) is 20.4. The molecule has 0 aliphatic heterocycles. The van der Waals surface area contributed by atoms with Crippen LogP contribution in [0.3, 0.4) is 0 Å². The number of amides is 1. The zero-order valence-corrected chi connectivity index (χ0v) is 15.2. The third-order valence-corrected chi connectivity index (χ3v) is 4.32. The van der Waals surface area contributed by atoms with Gasteiger partial charge in [0.1, 0.15) is 0 Å². The summed E-state index contributed by atoms with van der Waals surface area (Å²) in [6.07, 6.45) is 4.46. The summed E-state index contributed by atoms with van der Waals surface area (Å²) in [6.45, 7) is 6.35. The van der Waals surface area contributed by atoms with Crippen LogP contribution in [0, 0.1) is 5.92 Å². The number of unbranched alkanes of at least 4 members (excludes halogenated alkanes) is 1. The summed E-state index contributed by atoms with van der Waals surface area (Å²) in [5.41, 5.74) is 0.146. The molecule has 1 rings (SSSR count). The molecule has 1 aromatic carbocycles. The van der Waals surface area contributed by atoms with E-state index < -0.39 is 5.60 Å². The van der Waals surface area contributed by atoms with Gasteiger partial charge in [0.2, 0.25) is 5.91 Å². The number of rotatable bonds is 11. The van der Waals surface area contributed by atoms with Crippen LogP contribution in [0.1, 0.15) is 38.2 Å². The Morgan fingerprint density at radius 1 is 1.38 bits per heavy atom. The lowest BCUT2D eigenvalue weighted by Crippen LogP contribution is -2.40. The molecule has 0 saturated heterocycles. The molecule has 0 heterocycles. The minimum Gasteiger partial charge on any atom is -0.390 e. The van der Waals surface area contributed by atoms with Crippen LogP contribution in [0.25, 0.3) is 0 Å². The number of ether oxygens (including phenoxy) is 1. The van der Waals surface area contributed by atoms with E-state index in [2.05, 4.69) is 6.58 Å². The normalized spacial score (nSPS) is 14.7. The van der Waals surface area contributed by atoms with Gasteiger partial charge >= 0.3 is 0 Å². The average molecular weight is 333 g/mol. The van der Waals surface area contributed by atoms with E-state index in [4.69, 9.17) is 4.74 Å². The maximum atomic E-state index is 12.1. The zero-order chi connectivity index (χ0) is 18.0. The molecule has 1 aromatic rings. The molecule has 0 aliphatic carbocycles. The van der Waals surface area contributed by atoms with Gasteiger partial charge in [-0.25, -0.2) is 0 Å². The Bertz CT molecular complexity index is 497. The largest absolute Gasteiger partial charge is 0.390 e. The molecule has 134 valence electrons. The standard InChI is InChI=1S/C20H31NO3/c1-5-6-10-13-20(2,23)18(14-19(22)21(3)4)16-24-15-17-11-8-7-9-12-17/h5,7-9,11-12,18,23H,1,6,10,13-16H2,2-4H3/t18-,20-/m0/s1. The van der Waals surface area contributed by atoms with E-state index in [1.807, 2.05) is 36.4 Å². The maximum Gasteiger partial charge on any atom is 0.222 e. The molecule has 0 aromatic heterocycles. The molecule has 4 nitrogen and oxygen atoms in total. The van der Waals surface area contributed by atoms with Crippen molar-refractivity contribution < 1.29 is 14.6 Å². The van der Waals surface area contributed by atoms with E-state index in [-0.39, 0.29) is 18.2 Å². The first-order valence-corrected chi connectivity index (χ1v) is 8.52. The van der Waals surface area contributed by atoms with Gasteiger partial charge in [0.15, 0.2) is 0 Å². The predicted molar refractivity (Wildman–Crippen MR) is 97.6 cm³/mol. The van der Waals surface area contributed by atoms with E-state index in [1.165, 1.54) is 0 Å². The summed E-state index contributed by atoms with van der Waals surface area (Å²) in [7, 11) is 3.47. The van der Waals surface area contributed by atoms with Gasteiger partial charge in [-0.15, -0.1) is 6.58 Å². The lowest BCUT2D eigenvalue weighted by molar-refractivity contribution is -0.134. The van der Waals surface area contributed by atoms with Crippen LogP contribution in [-0.2, 0) is 16.1 Å². The van der Waals surface area contributed by atoms with Gasteiger partial charge in [-0.05, 0) is 31.7 Å². The fourth-order valence-electron chi connectivity index (χ4n) is 2.55. The number of allylic oxidation sites excluding steroid dienone is 1. The number of hydrogen-bond donors (Lipinski definition) is 1. The van der Waals surface area contributed by atoms with Crippen molar-refractivity contribution in [2.24, 2.45) is 5.92 Å². The van der Waals surface area contributed by atoms with E-state index in [0.29, 0.717) is 19.6 Å². The SMILES string of the molecule is C=CCCC[C@](C)(O)[C@H](COCc1ccccc1)CC(=O)N(C)C. The number of aliphatic hydroxyl groups is 1. The highest BCUT2D eigenvalue weighted by molar-refractivity contribution is 5.75. The lowest BCUT2D eigenvalue weighted by atomic mass is 9.82. The fraction of sp³-hybridized carbons (Fsp3) is 0.550. The summed E-state index contributed by atoms with van der Waals surface area (Å²) >= 11 is 0. The zero-order valence-electron chi connectivity index (χ0n) is 15.2. The second-order valence-electron chi connectivity index (χ2n) is 6.73. The van der Waals surface area contributed by atoms with Gasteiger partial charge < -0.3 is 14.7 Å². The Morgan fingerprint density at radius 3 is 2.62 bits per heavy atom. The van der Waals surface area contributed by atoms with E-state index >= 15 is 0 Å². The van der Waals surface area contributed by atoms with Gasteiger partial charge in [-0.2, -0.15) is 0 Å². The molecule has 0 unspecified atom stereocenters. The molecule has 1 N–H and O–H groups in total. The third kappa shape index (κ3) is 7.28. The minimum atomic E-state index is -0.939. The van der Waals surface area contributed by atoms with Crippen LogP contribution >= 0.6 is 0 Å². The Morgan fingerprint density at radius 2 is 2.04 bits per heavy atom. The van der Waals surface area contributed by atoms with E-state index in [0.717, 1.165) is 18.4 Å². The van der Waals surface area contributed by atoms with Crippen molar-refractivity contribution in [2.75, 3.05) is 20.7 Å². The predicted octanol–water partition coefficient (Wildman–Crippen LogP) is 3.41. The monoisotopic (exact) mass is 333 g/mol. The summed E-state index contributed by atoms with van der Waals surface area (Å²) < 4.78 is 5.80. The van der Waals surface area contributed by atoms with Crippen LogP contribution in [0.5, 0.6) is 0 Å². The molecular formula is C20H31NO3. The molecule has 0 radical (unpaired) electrons. The molecule has 0 fully saturated rings. The van der Waals surface area contributed by atoms with Gasteiger partial charge in [0.05, 0.1) is 18.8 Å². The molecule has 0 bridgehead atoms. The number of carbonyl (C=O) groups excluding carboxylic acids is 1. The van der Waals surface area contributed by atoms with E-state index in [1.54, 1.807) is 25.9 Å². The fourth-order valence-corrected chi connectivity index (χ4v) is 2.55. The summed E-state index contributed by atoms with van der Waals surface area (Å²) in [4.78, 5) is 13.7. The topological polar surface area (TPSA) is 49.8 Å². The van der Waals surface area contributed by atoms with Gasteiger partial charge in [-0.3, -0.25) is 4.79 Å². The van der Waals surface area contributed by atoms with Crippen LogP contribution in [0.2, 0.25) is 0 Å². The van der Waals surface area contributed by atoms with Gasteiger partial charge in [0, 0.05) is 26.4 Å². The smallest absolute Gasteiger partial charge is 0.222 e.